The van der Waals surface area contributed by atoms with Crippen LogP contribution in [0.1, 0.15) is 32.6 Å². The molecule has 2 aromatic carbocycles. The molecule has 1 aromatic heterocycles. The minimum atomic E-state index is -3.76. The number of nitrogens with one attached hydrogen (secondary N) is 2. The molecule has 3 rings (SSSR count). The standard InChI is InChI=1S/C19H22N2O4S2/c1-2-3-4-5-11-25-15-8-6-7-14(12-15)21-27(23,24)16-9-10-17-18(13-16)26-19(22)20-17/h6-10,12-13,21H,2-5,11H2,1H3,(H,20,22). The monoisotopic (exact) mass is 406 g/mol. The second-order valence-electron chi connectivity index (χ2n) is 6.21. The number of H-pyrrole nitrogens is 1. The molecule has 2 N–H and O–H groups in total. The molecular weight excluding hydrogens is 384 g/mol. The van der Waals surface area contributed by atoms with Crippen molar-refractivity contribution in [1.29, 1.82) is 0 Å². The first-order chi connectivity index (χ1) is 13.0. The molecule has 0 aliphatic heterocycles. The Morgan fingerprint density at radius 3 is 2.78 bits per heavy atom. The molecule has 0 bridgehead atoms. The van der Waals surface area contributed by atoms with E-state index in [9.17, 15) is 13.2 Å². The summed E-state index contributed by atoms with van der Waals surface area (Å²) in [5, 5.41) is 0. The van der Waals surface area contributed by atoms with Gasteiger partial charge in [0.1, 0.15) is 5.75 Å². The smallest absolute Gasteiger partial charge is 0.305 e. The van der Waals surface area contributed by atoms with E-state index >= 15 is 0 Å². The largest absolute Gasteiger partial charge is 0.494 e. The summed E-state index contributed by atoms with van der Waals surface area (Å²) in [5.41, 5.74) is 1.06. The zero-order valence-electron chi connectivity index (χ0n) is 15.0. The highest BCUT2D eigenvalue weighted by Crippen LogP contribution is 2.24. The van der Waals surface area contributed by atoms with Crippen molar-refractivity contribution in [3.05, 3.63) is 52.1 Å². The average Bonchev–Trinajstić information content (AvgIpc) is 3.00. The van der Waals surface area contributed by atoms with Crippen LogP contribution < -0.4 is 14.3 Å². The molecule has 144 valence electrons. The molecule has 0 aliphatic carbocycles. The molecule has 27 heavy (non-hydrogen) atoms. The van der Waals surface area contributed by atoms with Crippen LogP contribution in [0.5, 0.6) is 5.75 Å². The minimum absolute atomic E-state index is 0.108. The zero-order chi connectivity index (χ0) is 19.3. The molecule has 0 saturated heterocycles. The number of hydrogen-bond acceptors (Lipinski definition) is 5. The van der Waals surface area contributed by atoms with Gasteiger partial charge >= 0.3 is 4.87 Å². The fraction of sp³-hybridized carbons (Fsp3) is 0.316. The highest BCUT2D eigenvalue weighted by molar-refractivity contribution is 7.92. The number of anilines is 1. The van der Waals surface area contributed by atoms with Gasteiger partial charge in [-0.05, 0) is 36.8 Å². The molecule has 6 nitrogen and oxygen atoms in total. The summed E-state index contributed by atoms with van der Waals surface area (Å²) in [6.07, 6.45) is 4.45. The molecule has 8 heteroatoms. The first kappa shape index (κ1) is 19.4. The predicted octanol–water partition coefficient (Wildman–Crippen LogP) is 4.35. The van der Waals surface area contributed by atoms with Crippen molar-refractivity contribution >= 4 is 37.3 Å². The Labute approximate surface area is 162 Å². The van der Waals surface area contributed by atoms with Crippen LogP contribution in [0.15, 0.2) is 52.2 Å². The van der Waals surface area contributed by atoms with E-state index < -0.39 is 10.0 Å². The van der Waals surface area contributed by atoms with Crippen LogP contribution in [0.2, 0.25) is 0 Å². The molecule has 0 atom stereocenters. The van der Waals surface area contributed by atoms with Gasteiger partial charge in [0.05, 0.1) is 27.4 Å². The molecule has 0 fully saturated rings. The number of sulfonamides is 1. The van der Waals surface area contributed by atoms with Crippen molar-refractivity contribution in [3.63, 3.8) is 0 Å². The van der Waals surface area contributed by atoms with Gasteiger partial charge in [-0.1, -0.05) is 43.6 Å². The lowest BCUT2D eigenvalue weighted by atomic mass is 10.2. The van der Waals surface area contributed by atoms with Gasteiger partial charge < -0.3 is 9.72 Å². The van der Waals surface area contributed by atoms with E-state index in [0.717, 1.165) is 24.2 Å². The fourth-order valence-corrected chi connectivity index (χ4v) is 4.60. The Balaban J connectivity index is 1.71. The number of aromatic nitrogens is 1. The van der Waals surface area contributed by atoms with Gasteiger partial charge in [0.15, 0.2) is 0 Å². The number of hydrogen-bond donors (Lipinski definition) is 2. The molecular formula is C19H22N2O4S2. The van der Waals surface area contributed by atoms with Crippen LogP contribution in [-0.2, 0) is 10.0 Å². The minimum Gasteiger partial charge on any atom is -0.494 e. The molecule has 0 unspecified atom stereocenters. The first-order valence-electron chi connectivity index (χ1n) is 8.86. The maximum atomic E-state index is 12.7. The quantitative estimate of drug-likeness (QED) is 0.517. The summed E-state index contributed by atoms with van der Waals surface area (Å²) >= 11 is 0.982. The van der Waals surface area contributed by atoms with Crippen molar-refractivity contribution in [2.75, 3.05) is 11.3 Å². The van der Waals surface area contributed by atoms with Crippen molar-refractivity contribution in [2.45, 2.75) is 37.5 Å². The van der Waals surface area contributed by atoms with Gasteiger partial charge in [0.2, 0.25) is 0 Å². The van der Waals surface area contributed by atoms with Gasteiger partial charge in [-0.2, -0.15) is 0 Å². The van der Waals surface area contributed by atoms with Crippen LogP contribution in [0.3, 0.4) is 0 Å². The maximum Gasteiger partial charge on any atom is 0.305 e. The van der Waals surface area contributed by atoms with E-state index in [1.807, 2.05) is 0 Å². The average molecular weight is 407 g/mol. The van der Waals surface area contributed by atoms with Gasteiger partial charge in [-0.15, -0.1) is 0 Å². The SMILES string of the molecule is CCCCCCOc1cccc(NS(=O)(=O)c2ccc3[nH]c(=O)sc3c2)c1. The number of fused-ring (bicyclic) bond motifs is 1. The number of benzene rings is 2. The van der Waals surface area contributed by atoms with E-state index in [-0.39, 0.29) is 9.77 Å². The predicted molar refractivity (Wildman–Crippen MR) is 109 cm³/mol. The highest BCUT2D eigenvalue weighted by Gasteiger charge is 2.16. The van der Waals surface area contributed by atoms with E-state index in [1.165, 1.54) is 25.0 Å². The van der Waals surface area contributed by atoms with Gasteiger partial charge in [-0.3, -0.25) is 9.52 Å². The van der Waals surface area contributed by atoms with Crippen molar-refractivity contribution < 1.29 is 13.2 Å². The number of unbranched alkanes of at least 4 members (excludes halogenated alkanes) is 3. The molecule has 0 spiro atoms. The Kier molecular flexibility index (Phi) is 6.18. The fourth-order valence-electron chi connectivity index (χ4n) is 2.68. The van der Waals surface area contributed by atoms with Crippen molar-refractivity contribution in [3.8, 4) is 5.75 Å². The van der Waals surface area contributed by atoms with E-state index in [0.29, 0.717) is 28.3 Å². The first-order valence-corrected chi connectivity index (χ1v) is 11.2. The summed E-state index contributed by atoms with van der Waals surface area (Å²) in [6.45, 7) is 2.77. The Hall–Kier alpha value is -2.32. The Morgan fingerprint density at radius 2 is 1.96 bits per heavy atom. The Bertz CT molecular complexity index is 1070. The topological polar surface area (TPSA) is 88.3 Å². The van der Waals surface area contributed by atoms with Crippen molar-refractivity contribution in [2.24, 2.45) is 0 Å². The van der Waals surface area contributed by atoms with E-state index in [2.05, 4.69) is 16.6 Å². The Morgan fingerprint density at radius 1 is 1.11 bits per heavy atom. The summed E-state index contributed by atoms with van der Waals surface area (Å²) in [4.78, 5) is 14.0. The second kappa shape index (κ2) is 8.58. The van der Waals surface area contributed by atoms with Crippen LogP contribution in [0, 0.1) is 0 Å². The molecule has 0 saturated carbocycles. The van der Waals surface area contributed by atoms with Crippen LogP contribution in [0.4, 0.5) is 5.69 Å². The normalized spacial score (nSPS) is 11.6. The third-order valence-electron chi connectivity index (χ3n) is 4.06. The van der Waals surface area contributed by atoms with Crippen LogP contribution >= 0.6 is 11.3 Å². The summed E-state index contributed by atoms with van der Waals surface area (Å²) in [6, 6.07) is 11.5. The number of rotatable bonds is 9. The van der Waals surface area contributed by atoms with E-state index in [1.54, 1.807) is 30.3 Å². The third-order valence-corrected chi connectivity index (χ3v) is 6.28. The second-order valence-corrected chi connectivity index (χ2v) is 8.91. The lowest BCUT2D eigenvalue weighted by Crippen LogP contribution is -2.12. The molecule has 1 heterocycles. The third kappa shape index (κ3) is 5.11. The molecule has 0 amide bonds. The molecule has 3 aromatic rings. The zero-order valence-corrected chi connectivity index (χ0v) is 16.7. The highest BCUT2D eigenvalue weighted by atomic mass is 32.2. The summed E-state index contributed by atoms with van der Waals surface area (Å²) in [7, 11) is -3.76. The number of ether oxygens (including phenoxy) is 1. The summed E-state index contributed by atoms with van der Waals surface area (Å²) < 4.78 is 34.2. The summed E-state index contributed by atoms with van der Waals surface area (Å²) in [5.74, 6) is 0.631. The van der Waals surface area contributed by atoms with Gasteiger partial charge in [0.25, 0.3) is 10.0 Å². The molecule has 0 radical (unpaired) electrons. The van der Waals surface area contributed by atoms with Crippen LogP contribution in [-0.4, -0.2) is 20.0 Å². The van der Waals surface area contributed by atoms with Gasteiger partial charge in [0, 0.05) is 6.07 Å². The number of aromatic amines is 1. The van der Waals surface area contributed by atoms with E-state index in [4.69, 9.17) is 4.74 Å². The lowest BCUT2D eigenvalue weighted by Gasteiger charge is -2.11. The molecule has 0 aliphatic rings. The van der Waals surface area contributed by atoms with Crippen LogP contribution in [0.25, 0.3) is 10.2 Å². The maximum absolute atomic E-state index is 12.7. The van der Waals surface area contributed by atoms with Crippen molar-refractivity contribution in [1.82, 2.24) is 4.98 Å². The lowest BCUT2D eigenvalue weighted by molar-refractivity contribution is 0.305. The number of thiazole rings is 1. The van der Waals surface area contributed by atoms with Gasteiger partial charge in [-0.25, -0.2) is 8.42 Å².